The van der Waals surface area contributed by atoms with E-state index in [1.807, 2.05) is 61.6 Å². The molecule has 7 heterocycles. The van der Waals surface area contributed by atoms with Gasteiger partial charge in [-0.2, -0.15) is 0 Å². The summed E-state index contributed by atoms with van der Waals surface area (Å²) in [7, 11) is -2.63. The Balaban J connectivity index is 0.805. The third kappa shape index (κ3) is 19.4. The second-order valence-corrected chi connectivity index (χ2v) is 33.7. The number of anilines is 1. The number of H-pyrrole nitrogens is 1. The van der Waals surface area contributed by atoms with Crippen molar-refractivity contribution in [3.05, 3.63) is 102 Å². The smallest absolute Gasteiger partial charge is 0.497 e. The molecule has 634 valence electrons. The Hall–Kier alpha value is -8.98. The Morgan fingerprint density at radius 1 is 0.647 bits per heavy atom. The maximum atomic E-state index is 15.2. The topological polar surface area (TPSA) is 526 Å². The summed E-state index contributed by atoms with van der Waals surface area (Å²) >= 11 is 6.70. The van der Waals surface area contributed by atoms with Crippen LogP contribution >= 0.6 is 11.6 Å². The number of methoxy groups -OCH3 is 1. The van der Waals surface area contributed by atoms with Crippen molar-refractivity contribution in [2.45, 2.75) is 172 Å². The van der Waals surface area contributed by atoms with E-state index in [2.05, 4.69) is 15.3 Å². The van der Waals surface area contributed by atoms with E-state index in [0.29, 0.717) is 28.6 Å². The van der Waals surface area contributed by atoms with Crippen LogP contribution in [0.2, 0.25) is 0 Å². The maximum absolute atomic E-state index is 15.2. The van der Waals surface area contributed by atoms with Gasteiger partial charge in [0.1, 0.15) is 72.5 Å². The number of aliphatic carboxylic acids is 2. The van der Waals surface area contributed by atoms with Crippen LogP contribution in [0.5, 0.6) is 34.5 Å². The van der Waals surface area contributed by atoms with Gasteiger partial charge in [0.2, 0.25) is 12.6 Å². The van der Waals surface area contributed by atoms with Crippen LogP contribution in [0, 0.1) is 16.2 Å². The van der Waals surface area contributed by atoms with Gasteiger partial charge in [0, 0.05) is 119 Å². The van der Waals surface area contributed by atoms with Crippen LogP contribution in [-0.2, 0) is 70.0 Å². The van der Waals surface area contributed by atoms with Crippen LogP contribution < -0.4 is 32.2 Å². The summed E-state index contributed by atoms with van der Waals surface area (Å²) < 4.78 is 101. The number of hydrogen-bond donors (Lipinski definition) is 12. The minimum absolute atomic E-state index is 0.0223. The predicted octanol–water partition coefficient (Wildman–Crippen LogP) is 1.46. The van der Waals surface area contributed by atoms with E-state index in [0.717, 1.165) is 12.1 Å². The standard InChI is InChI=1S/C76H96ClN7O31S/c1-12-107-47-21-37-19-43(78-42(37)23-48(47)110-71-62(94)56(88)55(87)50(111-71)28-108-70-61(93)57(89)59(91)64(112-70)68(98)99)67(97)83-26-38(25-77)54-41-22-39(104-11)14-15-40(41)46(24-44(54)83)114-116(102,103)115-49-20-36(13-16-45(49)109-72-63(95)58(90)60(92)65(113-72)69(100)101)66(96)81(10)29-73(2,3)32-105-33-74(4,5)30-82-27-51(79-80-82)76(8,9)35-106-34-75(6,7)31-84-52(85)17-18-53(84)86/h13-24,27,38,50,55-65,70-72,78,87-95H,12,25-26,28-35H2,1-11H3,(H,98,99)(H,100,101)/t38-,50-,55+,56+,57+,58+,59+,60+,61-,62-,63-,64?,65+,70-,71-,72-/m1/s1. The van der Waals surface area contributed by atoms with E-state index in [1.54, 1.807) is 17.7 Å². The van der Waals surface area contributed by atoms with E-state index in [-0.39, 0.29) is 115 Å². The minimum Gasteiger partial charge on any atom is -0.497 e. The molecule has 38 nitrogen and oxygen atoms in total. The number of carbonyl (C=O) groups is 6. The van der Waals surface area contributed by atoms with Gasteiger partial charge in [-0.15, -0.1) is 25.1 Å². The molecular formula is C76H96ClN7O31S. The van der Waals surface area contributed by atoms with Gasteiger partial charge in [0.15, 0.2) is 47.2 Å². The highest BCUT2D eigenvalue weighted by molar-refractivity contribution is 7.82. The summed E-state index contributed by atoms with van der Waals surface area (Å²) in [5.74, 6) is -7.98. The molecule has 0 bridgehead atoms. The van der Waals surface area contributed by atoms with Crippen LogP contribution in [0.1, 0.15) is 100 Å². The summed E-state index contributed by atoms with van der Waals surface area (Å²) in [5.41, 5.74) is -1.18. The van der Waals surface area contributed by atoms with E-state index in [4.69, 9.17) is 67.3 Å². The zero-order chi connectivity index (χ0) is 84.7. The van der Waals surface area contributed by atoms with Crippen molar-refractivity contribution in [2.24, 2.45) is 16.2 Å². The first-order valence-electron chi connectivity index (χ1n) is 36.9. The molecule has 4 aromatic carbocycles. The quantitative estimate of drug-likeness (QED) is 0.0201. The number of ether oxygens (including phenoxy) is 10. The fourth-order valence-corrected chi connectivity index (χ4v) is 15.2. The molecule has 0 spiro atoms. The van der Waals surface area contributed by atoms with Crippen molar-refractivity contribution in [3.63, 3.8) is 0 Å². The van der Waals surface area contributed by atoms with Gasteiger partial charge < -0.3 is 127 Å². The fraction of sp³-hybridized carbons (Fsp3) is 0.553. The number of carboxylic acid groups (broad SMARTS) is 2. The molecular weight excluding hydrogens is 1570 g/mol. The highest BCUT2D eigenvalue weighted by Crippen LogP contribution is 2.49. The zero-order valence-corrected chi connectivity index (χ0v) is 66.6. The lowest BCUT2D eigenvalue weighted by Gasteiger charge is -2.42. The molecule has 16 atom stereocenters. The van der Waals surface area contributed by atoms with Crippen molar-refractivity contribution >= 4 is 84.9 Å². The molecule has 0 radical (unpaired) electrons. The molecule has 40 heteroatoms. The molecule has 4 amide bonds. The number of amides is 4. The van der Waals surface area contributed by atoms with Crippen molar-refractivity contribution in [1.29, 1.82) is 0 Å². The molecule has 0 saturated carbocycles. The van der Waals surface area contributed by atoms with Crippen LogP contribution in [-0.4, -0.2) is 301 Å². The van der Waals surface area contributed by atoms with E-state index in [1.165, 1.54) is 83.5 Å². The highest BCUT2D eigenvalue weighted by Gasteiger charge is 2.52. The first-order chi connectivity index (χ1) is 54.4. The molecule has 5 aliphatic heterocycles. The molecule has 1 unspecified atom stereocenters. The molecule has 2 aromatic heterocycles. The monoisotopic (exact) mass is 1670 g/mol. The average Bonchev–Trinajstić information content (AvgIpc) is 1.57. The number of aliphatic hydroxyl groups excluding tert-OH is 9. The lowest BCUT2D eigenvalue weighted by molar-refractivity contribution is -0.318. The zero-order valence-electron chi connectivity index (χ0n) is 65.1. The largest absolute Gasteiger partial charge is 0.501 e. The third-order valence-corrected chi connectivity index (χ3v) is 21.3. The Morgan fingerprint density at radius 2 is 1.23 bits per heavy atom. The number of carboxylic acids is 2. The second kappa shape index (κ2) is 34.9. The van der Waals surface area contributed by atoms with Gasteiger partial charge in [-0.1, -0.05) is 60.6 Å². The van der Waals surface area contributed by atoms with Crippen LogP contribution in [0.25, 0.3) is 21.7 Å². The highest BCUT2D eigenvalue weighted by atomic mass is 35.5. The maximum Gasteiger partial charge on any atom is 0.501 e. The summed E-state index contributed by atoms with van der Waals surface area (Å²) in [6.07, 6.45) is -25.7. The second-order valence-electron chi connectivity index (χ2n) is 32.2. The number of aliphatic hydroxyl groups is 9. The number of carbonyl (C=O) groups excluding carboxylic acids is 4. The first kappa shape index (κ1) is 87.8. The lowest BCUT2D eigenvalue weighted by atomic mass is 9.90. The summed E-state index contributed by atoms with van der Waals surface area (Å²) in [6, 6.07) is 13.4. The number of nitrogens with one attached hydrogen (secondary N) is 1. The number of rotatable bonds is 34. The number of hydrogen-bond acceptors (Lipinski definition) is 31. The number of halogens is 1. The van der Waals surface area contributed by atoms with Gasteiger partial charge in [0.25, 0.3) is 23.6 Å². The van der Waals surface area contributed by atoms with Gasteiger partial charge in [-0.25, -0.2) is 9.59 Å². The van der Waals surface area contributed by atoms with E-state index >= 15 is 4.79 Å². The molecule has 12 N–H and O–H groups in total. The lowest BCUT2D eigenvalue weighted by Crippen LogP contribution is -2.62. The number of fused-ring (bicyclic) bond motifs is 4. The number of imide groups is 1. The Morgan fingerprint density at radius 3 is 1.86 bits per heavy atom. The molecule has 11 rings (SSSR count). The van der Waals surface area contributed by atoms with E-state index < -0.39 is 178 Å². The Labute approximate surface area is 669 Å². The van der Waals surface area contributed by atoms with Crippen molar-refractivity contribution in [1.82, 2.24) is 29.8 Å². The summed E-state index contributed by atoms with van der Waals surface area (Å²) in [5, 5.41) is 125. The van der Waals surface area contributed by atoms with Crippen LogP contribution in [0.3, 0.4) is 0 Å². The van der Waals surface area contributed by atoms with Crippen molar-refractivity contribution in [2.75, 3.05) is 84.2 Å². The van der Waals surface area contributed by atoms with Crippen molar-refractivity contribution < 1.29 is 149 Å². The van der Waals surface area contributed by atoms with Crippen molar-refractivity contribution in [3.8, 4) is 34.5 Å². The Kier molecular flexibility index (Phi) is 26.4. The number of benzene rings is 4. The molecule has 6 aromatic rings. The van der Waals surface area contributed by atoms with Gasteiger partial charge >= 0.3 is 22.3 Å². The minimum atomic E-state index is -5.50. The average molecular weight is 1670 g/mol. The van der Waals surface area contributed by atoms with Crippen LogP contribution in [0.15, 0.2) is 79.0 Å². The van der Waals surface area contributed by atoms with Gasteiger partial charge in [-0.3, -0.25) is 28.8 Å². The third-order valence-electron chi connectivity index (χ3n) is 20.1. The summed E-state index contributed by atoms with van der Waals surface area (Å²) in [4.78, 5) is 84.9. The molecule has 3 fully saturated rings. The fourth-order valence-electron chi connectivity index (χ4n) is 14.2. The number of aromatic nitrogens is 4. The number of nitrogens with zero attached hydrogens (tertiary/aromatic N) is 6. The summed E-state index contributed by atoms with van der Waals surface area (Å²) in [6.45, 7) is 17.8. The molecule has 116 heavy (non-hydrogen) atoms. The number of alkyl halides is 1. The first-order valence-corrected chi connectivity index (χ1v) is 38.8. The van der Waals surface area contributed by atoms with Gasteiger partial charge in [0.05, 0.1) is 58.1 Å². The van der Waals surface area contributed by atoms with E-state index in [9.17, 15) is 88.6 Å². The van der Waals surface area contributed by atoms with Gasteiger partial charge in [-0.05, 0) is 66.4 Å². The van der Waals surface area contributed by atoms with Crippen LogP contribution in [0.4, 0.5) is 5.69 Å². The Bertz CT molecular complexity index is 4770. The molecule has 5 aliphatic rings. The molecule has 0 aliphatic carbocycles. The molecule has 3 saturated heterocycles. The number of aromatic amines is 1. The SMILES string of the molecule is CCOc1cc2cc(C(=O)N3C[C@@H](CCl)c4c3cc(OS(=O)(=O)Oc3cc(C(=O)N(C)CC(C)(C)COCC(C)(C)Cn5cc(C(C)(C)COCC(C)(C)CN6C(=O)C=CC6=O)nn5)ccc3O[C@@H]3O[C@H](C(=O)O)[C@@H](O)[C@H](O)[C@H]3O)c3ccc(OC)cc43)[nH]c2cc1O[C@@H]1O[C@H](CO[C@@H]2OC(C(=O)O)[C@@H](O)[C@H](O)[C@H]2O)[C@H](O)[C@H](O)[C@H]1O. The predicted molar refractivity (Wildman–Crippen MR) is 403 cm³/mol. The normalized spacial score (nSPS) is 26.0.